The molecule has 0 N–H and O–H groups in total. The van der Waals surface area contributed by atoms with Gasteiger partial charge < -0.3 is 9.47 Å². The molecule has 4 rings (SSSR count). The van der Waals surface area contributed by atoms with Crippen molar-refractivity contribution in [1.82, 2.24) is 0 Å². The van der Waals surface area contributed by atoms with Crippen LogP contribution in [0.2, 0.25) is 0 Å². The van der Waals surface area contributed by atoms with E-state index in [0.717, 1.165) is 44.9 Å². The molecule has 4 aromatic carbocycles. The van der Waals surface area contributed by atoms with Gasteiger partial charge in [0.05, 0.1) is 0 Å². The molecule has 0 aliphatic heterocycles. The second kappa shape index (κ2) is 8.55. The molecule has 28 heavy (non-hydrogen) atoms. The van der Waals surface area contributed by atoms with E-state index in [1.165, 1.54) is 0 Å². The lowest BCUT2D eigenvalue weighted by atomic mass is 10.1. The van der Waals surface area contributed by atoms with Crippen LogP contribution >= 0.6 is 23.2 Å². The average Bonchev–Trinajstić information content (AvgIpc) is 2.74. The standard InChI is InChI=1S/C24H18Cl2O2/c25-15-17-1-7-21(8-2-17)27-23-11-5-19-6-12-24(14-20(19)13-23)28-22-9-3-18(16-26)4-10-22/h1-14H,15-16H2. The maximum Gasteiger partial charge on any atom is 0.128 e. The number of ether oxygens (including phenoxy) is 2. The van der Waals surface area contributed by atoms with E-state index in [4.69, 9.17) is 32.7 Å². The highest BCUT2D eigenvalue weighted by atomic mass is 35.5. The van der Waals surface area contributed by atoms with Crippen LogP contribution in [0, 0.1) is 0 Å². The average molecular weight is 409 g/mol. The Morgan fingerprint density at radius 3 is 1.25 bits per heavy atom. The Labute approximate surface area is 174 Å². The zero-order valence-corrected chi connectivity index (χ0v) is 16.6. The lowest BCUT2D eigenvalue weighted by molar-refractivity contribution is 0.481. The van der Waals surface area contributed by atoms with E-state index >= 15 is 0 Å². The smallest absolute Gasteiger partial charge is 0.128 e. The van der Waals surface area contributed by atoms with Crippen LogP contribution in [-0.2, 0) is 11.8 Å². The Bertz CT molecular complexity index is 990. The molecule has 0 fully saturated rings. The molecule has 2 nitrogen and oxygen atoms in total. The molecular weight excluding hydrogens is 391 g/mol. The molecule has 4 heteroatoms. The summed E-state index contributed by atoms with van der Waals surface area (Å²) in [5.41, 5.74) is 2.13. The fourth-order valence-corrected chi connectivity index (χ4v) is 3.25. The molecule has 0 spiro atoms. The van der Waals surface area contributed by atoms with Gasteiger partial charge >= 0.3 is 0 Å². The third-order valence-corrected chi connectivity index (χ3v) is 5.03. The Hall–Kier alpha value is -2.68. The highest BCUT2D eigenvalue weighted by Gasteiger charge is 2.04. The maximum atomic E-state index is 5.97. The Kier molecular flexibility index (Phi) is 5.70. The van der Waals surface area contributed by atoms with Crippen molar-refractivity contribution in [3.63, 3.8) is 0 Å². The minimum absolute atomic E-state index is 0.494. The van der Waals surface area contributed by atoms with Crippen LogP contribution < -0.4 is 9.47 Å². The summed E-state index contributed by atoms with van der Waals surface area (Å²) in [6, 6.07) is 27.6. The molecule has 0 saturated heterocycles. The van der Waals surface area contributed by atoms with Crippen molar-refractivity contribution >= 4 is 34.0 Å². The zero-order valence-electron chi connectivity index (χ0n) is 15.1. The minimum Gasteiger partial charge on any atom is -0.457 e. The van der Waals surface area contributed by atoms with Crippen molar-refractivity contribution in [2.45, 2.75) is 11.8 Å². The van der Waals surface area contributed by atoms with Crippen molar-refractivity contribution in [2.75, 3.05) is 0 Å². The van der Waals surface area contributed by atoms with Gasteiger partial charge in [-0.05, 0) is 70.4 Å². The van der Waals surface area contributed by atoms with Crippen molar-refractivity contribution in [2.24, 2.45) is 0 Å². The topological polar surface area (TPSA) is 18.5 Å². The summed E-state index contributed by atoms with van der Waals surface area (Å²) in [4.78, 5) is 0. The fraction of sp³-hybridized carbons (Fsp3) is 0.0833. The molecular formula is C24H18Cl2O2. The molecule has 0 aliphatic carbocycles. The first-order valence-corrected chi connectivity index (χ1v) is 10.00. The lowest BCUT2D eigenvalue weighted by Gasteiger charge is -2.10. The number of halogens is 2. The van der Waals surface area contributed by atoms with Gasteiger partial charge in [0.15, 0.2) is 0 Å². The second-order valence-electron chi connectivity index (χ2n) is 6.43. The summed E-state index contributed by atoms with van der Waals surface area (Å²) in [7, 11) is 0. The monoisotopic (exact) mass is 408 g/mol. The molecule has 140 valence electrons. The van der Waals surface area contributed by atoms with Gasteiger partial charge in [0, 0.05) is 11.8 Å². The van der Waals surface area contributed by atoms with Gasteiger partial charge in [-0.2, -0.15) is 0 Å². The fourth-order valence-electron chi connectivity index (χ4n) is 2.90. The molecule has 0 unspecified atom stereocenters. The molecule has 0 aromatic heterocycles. The molecule has 0 aliphatic rings. The SMILES string of the molecule is ClCc1ccc(Oc2ccc3ccc(Oc4ccc(CCl)cc4)cc3c2)cc1. The normalized spacial score (nSPS) is 10.8. The summed E-state index contributed by atoms with van der Waals surface area (Å²) >= 11 is 11.7. The molecule has 0 radical (unpaired) electrons. The third-order valence-electron chi connectivity index (χ3n) is 4.41. The van der Waals surface area contributed by atoms with Crippen LogP contribution in [-0.4, -0.2) is 0 Å². The first-order valence-electron chi connectivity index (χ1n) is 8.93. The van der Waals surface area contributed by atoms with Gasteiger partial charge in [0.2, 0.25) is 0 Å². The van der Waals surface area contributed by atoms with Gasteiger partial charge in [-0.15, -0.1) is 23.2 Å². The Balaban J connectivity index is 1.55. The van der Waals surface area contributed by atoms with Crippen LogP contribution in [0.25, 0.3) is 10.8 Å². The Morgan fingerprint density at radius 2 is 0.857 bits per heavy atom. The van der Waals surface area contributed by atoms with Crippen LogP contribution in [0.15, 0.2) is 84.9 Å². The van der Waals surface area contributed by atoms with Crippen LogP contribution in [0.3, 0.4) is 0 Å². The number of alkyl halides is 2. The number of hydrogen-bond donors (Lipinski definition) is 0. The highest BCUT2D eigenvalue weighted by Crippen LogP contribution is 2.30. The van der Waals surface area contributed by atoms with Gasteiger partial charge in [-0.25, -0.2) is 0 Å². The number of benzene rings is 4. The van der Waals surface area contributed by atoms with E-state index in [-0.39, 0.29) is 0 Å². The van der Waals surface area contributed by atoms with Gasteiger partial charge in [-0.3, -0.25) is 0 Å². The first kappa shape index (κ1) is 18.7. The molecule has 0 saturated carbocycles. The van der Waals surface area contributed by atoms with Crippen molar-refractivity contribution in [1.29, 1.82) is 0 Å². The van der Waals surface area contributed by atoms with Gasteiger partial charge in [0.25, 0.3) is 0 Å². The van der Waals surface area contributed by atoms with Crippen LogP contribution in [0.5, 0.6) is 23.0 Å². The van der Waals surface area contributed by atoms with E-state index in [0.29, 0.717) is 11.8 Å². The van der Waals surface area contributed by atoms with E-state index < -0.39 is 0 Å². The van der Waals surface area contributed by atoms with Crippen LogP contribution in [0.1, 0.15) is 11.1 Å². The largest absolute Gasteiger partial charge is 0.457 e. The summed E-state index contributed by atoms with van der Waals surface area (Å²) in [5.74, 6) is 4.09. The lowest BCUT2D eigenvalue weighted by Crippen LogP contribution is -1.87. The van der Waals surface area contributed by atoms with Gasteiger partial charge in [0.1, 0.15) is 23.0 Å². The van der Waals surface area contributed by atoms with E-state index in [1.807, 2.05) is 84.9 Å². The van der Waals surface area contributed by atoms with E-state index in [2.05, 4.69) is 0 Å². The number of fused-ring (bicyclic) bond motifs is 1. The zero-order chi connectivity index (χ0) is 19.3. The molecule has 0 bridgehead atoms. The summed E-state index contributed by atoms with van der Waals surface area (Å²) in [6.45, 7) is 0. The van der Waals surface area contributed by atoms with Crippen LogP contribution in [0.4, 0.5) is 0 Å². The third kappa shape index (κ3) is 4.41. The minimum atomic E-state index is 0.494. The van der Waals surface area contributed by atoms with E-state index in [1.54, 1.807) is 0 Å². The van der Waals surface area contributed by atoms with E-state index in [9.17, 15) is 0 Å². The molecule has 4 aromatic rings. The molecule has 0 heterocycles. The summed E-state index contributed by atoms with van der Waals surface area (Å²) in [5, 5.41) is 2.17. The number of rotatable bonds is 6. The van der Waals surface area contributed by atoms with Crippen molar-refractivity contribution in [3.8, 4) is 23.0 Å². The summed E-state index contributed by atoms with van der Waals surface area (Å²) < 4.78 is 11.9. The quantitative estimate of drug-likeness (QED) is 0.301. The molecule has 0 atom stereocenters. The maximum absolute atomic E-state index is 5.97. The predicted octanol–water partition coefficient (Wildman–Crippen LogP) is 7.90. The van der Waals surface area contributed by atoms with Crippen molar-refractivity contribution < 1.29 is 9.47 Å². The molecule has 0 amide bonds. The predicted molar refractivity (Wildman–Crippen MR) is 116 cm³/mol. The first-order chi connectivity index (χ1) is 13.7. The van der Waals surface area contributed by atoms with Crippen molar-refractivity contribution in [3.05, 3.63) is 96.1 Å². The summed E-state index contributed by atoms with van der Waals surface area (Å²) in [6.07, 6.45) is 0. The Morgan fingerprint density at radius 1 is 0.464 bits per heavy atom. The highest BCUT2D eigenvalue weighted by molar-refractivity contribution is 6.17. The van der Waals surface area contributed by atoms with Gasteiger partial charge in [-0.1, -0.05) is 36.4 Å². The second-order valence-corrected chi connectivity index (χ2v) is 6.96. The number of hydrogen-bond acceptors (Lipinski definition) is 2.